The molecule has 3 aromatic rings. The van der Waals surface area contributed by atoms with Gasteiger partial charge in [0.15, 0.2) is 5.65 Å². The number of halogens is 3. The first-order valence-electron chi connectivity index (χ1n) is 5.23. The fourth-order valence-electron chi connectivity index (χ4n) is 1.64. The molecule has 0 radical (unpaired) electrons. The van der Waals surface area contributed by atoms with Crippen LogP contribution in [0.4, 0.5) is 15.9 Å². The Hall–Kier alpha value is -1.92. The van der Waals surface area contributed by atoms with Gasteiger partial charge in [0.05, 0.1) is 22.3 Å². The number of hydrogen-bond donors (Lipinski definition) is 2. The van der Waals surface area contributed by atoms with Gasteiger partial charge < -0.3 is 5.32 Å². The van der Waals surface area contributed by atoms with E-state index < -0.39 is 5.82 Å². The first-order valence-corrected chi connectivity index (χ1v) is 5.98. The number of aromatic amines is 1. The van der Waals surface area contributed by atoms with Crippen molar-refractivity contribution in [2.75, 3.05) is 5.32 Å². The Kier molecular flexibility index (Phi) is 2.96. The van der Waals surface area contributed by atoms with Crippen LogP contribution in [0.25, 0.3) is 11.0 Å². The molecule has 96 valence electrons. The molecule has 0 aliphatic rings. The van der Waals surface area contributed by atoms with Crippen LogP contribution in [0.3, 0.4) is 0 Å². The predicted molar refractivity (Wildman–Crippen MR) is 71.4 cm³/mol. The zero-order valence-corrected chi connectivity index (χ0v) is 10.8. The first-order chi connectivity index (χ1) is 9.15. The third-order valence-corrected chi connectivity index (χ3v) is 2.97. The molecule has 0 unspecified atom stereocenters. The number of nitrogens with one attached hydrogen (secondary N) is 2. The van der Waals surface area contributed by atoms with Crippen molar-refractivity contribution in [3.63, 3.8) is 0 Å². The maximum Gasteiger partial charge on any atom is 0.226 e. The molecule has 2 N–H and O–H groups in total. The molecule has 0 aliphatic carbocycles. The van der Waals surface area contributed by atoms with Crippen LogP contribution in [0.2, 0.25) is 10.3 Å². The van der Waals surface area contributed by atoms with Crippen molar-refractivity contribution < 1.29 is 4.39 Å². The van der Waals surface area contributed by atoms with Gasteiger partial charge in [-0.2, -0.15) is 15.1 Å². The van der Waals surface area contributed by atoms with Gasteiger partial charge in [-0.1, -0.05) is 17.7 Å². The van der Waals surface area contributed by atoms with Gasteiger partial charge in [-0.05, 0) is 23.7 Å². The number of fused-ring (bicyclic) bond motifs is 1. The molecule has 0 amide bonds. The zero-order valence-electron chi connectivity index (χ0n) is 9.28. The van der Waals surface area contributed by atoms with Crippen LogP contribution in [0.5, 0.6) is 0 Å². The summed E-state index contributed by atoms with van der Waals surface area (Å²) in [5.74, 6) is -0.158. The number of hydrogen-bond acceptors (Lipinski definition) is 4. The molecule has 0 atom stereocenters. The lowest BCUT2D eigenvalue weighted by Gasteiger charge is -2.09. The van der Waals surface area contributed by atoms with E-state index in [-0.39, 0.29) is 16.0 Å². The monoisotopic (exact) mass is 297 g/mol. The molecule has 5 nitrogen and oxygen atoms in total. The summed E-state index contributed by atoms with van der Waals surface area (Å²) in [7, 11) is 0. The molecule has 19 heavy (non-hydrogen) atoms. The average Bonchev–Trinajstić information content (AvgIpc) is 2.81. The topological polar surface area (TPSA) is 66.5 Å². The van der Waals surface area contributed by atoms with Gasteiger partial charge >= 0.3 is 0 Å². The van der Waals surface area contributed by atoms with E-state index >= 15 is 0 Å². The summed E-state index contributed by atoms with van der Waals surface area (Å²) in [4.78, 5) is 7.96. The van der Waals surface area contributed by atoms with E-state index in [1.807, 2.05) is 0 Å². The molecule has 8 heteroatoms. The van der Waals surface area contributed by atoms with E-state index in [2.05, 4.69) is 25.5 Å². The highest BCUT2D eigenvalue weighted by Gasteiger charge is 2.12. The summed E-state index contributed by atoms with van der Waals surface area (Å²) in [6.45, 7) is 0. The van der Waals surface area contributed by atoms with Crippen LogP contribution in [0.1, 0.15) is 0 Å². The molecule has 0 bridgehead atoms. The summed E-state index contributed by atoms with van der Waals surface area (Å²) in [6, 6.07) is 4.38. The molecule has 2 aromatic heterocycles. The van der Waals surface area contributed by atoms with Gasteiger partial charge in [0.25, 0.3) is 0 Å². The number of H-pyrrole nitrogens is 1. The second-order valence-corrected chi connectivity index (χ2v) is 4.44. The van der Waals surface area contributed by atoms with Crippen LogP contribution in [-0.2, 0) is 0 Å². The molecule has 3 rings (SSSR count). The Morgan fingerprint density at radius 1 is 1.21 bits per heavy atom. The molecule has 2 heterocycles. The highest BCUT2D eigenvalue weighted by molar-refractivity contribution is 6.33. The van der Waals surface area contributed by atoms with Crippen LogP contribution in [0.15, 0.2) is 24.4 Å². The molecular formula is C11H6Cl2FN5. The second-order valence-electron chi connectivity index (χ2n) is 3.70. The molecule has 0 saturated heterocycles. The van der Waals surface area contributed by atoms with Gasteiger partial charge in [-0.25, -0.2) is 4.39 Å². The second kappa shape index (κ2) is 4.64. The minimum atomic E-state index is -0.487. The van der Waals surface area contributed by atoms with Crippen molar-refractivity contribution in [1.82, 2.24) is 20.2 Å². The lowest BCUT2D eigenvalue weighted by atomic mass is 10.3. The Balaban J connectivity index is 2.13. The van der Waals surface area contributed by atoms with Gasteiger partial charge in [0.2, 0.25) is 5.28 Å². The molecule has 0 saturated carbocycles. The first kappa shape index (κ1) is 12.1. The molecule has 0 aliphatic heterocycles. The summed E-state index contributed by atoms with van der Waals surface area (Å²) >= 11 is 11.7. The number of nitrogens with zero attached hydrogens (tertiary/aromatic N) is 3. The van der Waals surface area contributed by atoms with E-state index in [0.29, 0.717) is 16.9 Å². The number of aromatic nitrogens is 4. The van der Waals surface area contributed by atoms with Crippen molar-refractivity contribution in [2.45, 2.75) is 0 Å². The van der Waals surface area contributed by atoms with Crippen LogP contribution in [0, 0.1) is 5.82 Å². The normalized spacial score (nSPS) is 10.9. The standard InChI is InChI=1S/C11H6Cl2FN5/c12-6-2-1-3-7(14)8(6)16-9-5-4-15-19-10(5)18-11(13)17-9/h1-4H,(H2,15,16,17,18,19). The Labute approximate surface area is 116 Å². The Morgan fingerprint density at radius 2 is 2.05 bits per heavy atom. The Morgan fingerprint density at radius 3 is 2.84 bits per heavy atom. The zero-order chi connectivity index (χ0) is 13.4. The number of anilines is 2. The maximum absolute atomic E-state index is 13.7. The third kappa shape index (κ3) is 2.20. The van der Waals surface area contributed by atoms with Crippen molar-refractivity contribution in [1.29, 1.82) is 0 Å². The van der Waals surface area contributed by atoms with E-state index in [1.165, 1.54) is 18.3 Å². The van der Waals surface area contributed by atoms with Crippen molar-refractivity contribution >= 4 is 45.7 Å². The molecular weight excluding hydrogens is 292 g/mol. The smallest absolute Gasteiger partial charge is 0.226 e. The number of para-hydroxylation sites is 1. The predicted octanol–water partition coefficient (Wildman–Crippen LogP) is 3.54. The Bertz CT molecular complexity index is 738. The summed E-state index contributed by atoms with van der Waals surface area (Å²) in [5.41, 5.74) is 0.580. The van der Waals surface area contributed by atoms with Crippen LogP contribution in [-0.4, -0.2) is 20.2 Å². The largest absolute Gasteiger partial charge is 0.336 e. The average molecular weight is 298 g/mol. The quantitative estimate of drug-likeness (QED) is 0.710. The fourth-order valence-corrected chi connectivity index (χ4v) is 2.02. The van der Waals surface area contributed by atoms with E-state index in [9.17, 15) is 4.39 Å². The summed E-state index contributed by atoms with van der Waals surface area (Å²) in [5, 5.41) is 10.2. The lowest BCUT2D eigenvalue weighted by Crippen LogP contribution is -1.99. The summed E-state index contributed by atoms with van der Waals surface area (Å²) < 4.78 is 13.7. The van der Waals surface area contributed by atoms with Crippen molar-refractivity contribution in [3.8, 4) is 0 Å². The minimum absolute atomic E-state index is 0.0201. The van der Waals surface area contributed by atoms with E-state index in [4.69, 9.17) is 23.2 Å². The molecule has 0 fully saturated rings. The number of benzene rings is 1. The van der Waals surface area contributed by atoms with Gasteiger partial charge in [-0.15, -0.1) is 0 Å². The van der Waals surface area contributed by atoms with E-state index in [0.717, 1.165) is 0 Å². The van der Waals surface area contributed by atoms with Gasteiger partial charge in [0.1, 0.15) is 11.6 Å². The van der Waals surface area contributed by atoms with Crippen LogP contribution >= 0.6 is 23.2 Å². The van der Waals surface area contributed by atoms with Gasteiger partial charge in [-0.3, -0.25) is 5.10 Å². The maximum atomic E-state index is 13.7. The van der Waals surface area contributed by atoms with Crippen molar-refractivity contribution in [2.24, 2.45) is 0 Å². The molecule has 1 aromatic carbocycles. The van der Waals surface area contributed by atoms with E-state index in [1.54, 1.807) is 6.07 Å². The van der Waals surface area contributed by atoms with Crippen molar-refractivity contribution in [3.05, 3.63) is 40.5 Å². The summed E-state index contributed by atoms with van der Waals surface area (Å²) in [6.07, 6.45) is 1.52. The lowest BCUT2D eigenvalue weighted by molar-refractivity contribution is 0.632. The van der Waals surface area contributed by atoms with Crippen LogP contribution < -0.4 is 5.32 Å². The highest BCUT2D eigenvalue weighted by Crippen LogP contribution is 2.30. The number of rotatable bonds is 2. The fraction of sp³-hybridized carbons (Fsp3) is 0. The highest BCUT2D eigenvalue weighted by atomic mass is 35.5. The molecule has 0 spiro atoms. The third-order valence-electron chi connectivity index (χ3n) is 2.49. The SMILES string of the molecule is Fc1cccc(Cl)c1Nc1nc(Cl)nc2[nH]ncc12. The minimum Gasteiger partial charge on any atom is -0.336 e. The van der Waals surface area contributed by atoms with Gasteiger partial charge in [0, 0.05) is 0 Å².